The Balaban J connectivity index is 2.76. The molecule has 1 unspecified atom stereocenters. The summed E-state index contributed by atoms with van der Waals surface area (Å²) in [6.45, 7) is 5.70. The van der Waals surface area contributed by atoms with Gasteiger partial charge in [-0.2, -0.15) is 0 Å². The zero-order valence-corrected chi connectivity index (χ0v) is 9.96. The molecule has 0 aliphatic carbocycles. The Kier molecular flexibility index (Phi) is 3.81. The van der Waals surface area contributed by atoms with E-state index >= 15 is 0 Å². The van der Waals surface area contributed by atoms with E-state index in [0.29, 0.717) is 5.56 Å². The third-order valence-corrected chi connectivity index (χ3v) is 2.60. The maximum Gasteiger partial charge on any atom is 0.154 e. The number of nitrogens with two attached hydrogens (primary N) is 1. The molecule has 1 atom stereocenters. The van der Waals surface area contributed by atoms with E-state index in [1.807, 2.05) is 20.8 Å². The van der Waals surface area contributed by atoms with Crippen LogP contribution < -0.4 is 5.73 Å². The van der Waals surface area contributed by atoms with E-state index < -0.39 is 6.04 Å². The second-order valence-electron chi connectivity index (χ2n) is 5.08. The molecular weight excluding hydrogens is 205 g/mol. The number of Topliss-reactive ketones (excluding diaryl/α,β-unsaturated/α-hetero) is 1. The summed E-state index contributed by atoms with van der Waals surface area (Å²) in [5.41, 5.74) is 5.94. The first-order valence-electron chi connectivity index (χ1n) is 5.34. The van der Waals surface area contributed by atoms with Gasteiger partial charge in [0.2, 0.25) is 0 Å². The highest BCUT2D eigenvalue weighted by atomic mass is 19.1. The van der Waals surface area contributed by atoms with Gasteiger partial charge < -0.3 is 5.73 Å². The summed E-state index contributed by atoms with van der Waals surface area (Å²) >= 11 is 0. The normalized spacial score (nSPS) is 13.6. The molecule has 0 aromatic heterocycles. The fourth-order valence-corrected chi connectivity index (χ4v) is 1.42. The van der Waals surface area contributed by atoms with E-state index in [2.05, 4.69) is 0 Å². The molecule has 0 bridgehead atoms. The van der Waals surface area contributed by atoms with Crippen molar-refractivity contribution in [3.05, 3.63) is 35.6 Å². The predicted molar refractivity (Wildman–Crippen MR) is 62.5 cm³/mol. The average molecular weight is 223 g/mol. The first-order chi connectivity index (χ1) is 7.32. The van der Waals surface area contributed by atoms with Crippen molar-refractivity contribution in [1.82, 2.24) is 0 Å². The fraction of sp³-hybridized carbons (Fsp3) is 0.462. The van der Waals surface area contributed by atoms with Crippen LogP contribution in [0.2, 0.25) is 0 Å². The van der Waals surface area contributed by atoms with Crippen molar-refractivity contribution < 1.29 is 9.18 Å². The summed E-state index contributed by atoms with van der Waals surface area (Å²) in [6.07, 6.45) is 0.0606. The van der Waals surface area contributed by atoms with Crippen molar-refractivity contribution >= 4 is 5.78 Å². The number of benzene rings is 1. The maximum atomic E-state index is 13.3. The van der Waals surface area contributed by atoms with E-state index in [4.69, 9.17) is 5.73 Å². The maximum absolute atomic E-state index is 13.3. The van der Waals surface area contributed by atoms with Crippen LogP contribution in [0.15, 0.2) is 24.3 Å². The number of ketones is 1. The van der Waals surface area contributed by atoms with Crippen LogP contribution >= 0.6 is 0 Å². The molecule has 0 aliphatic rings. The zero-order valence-electron chi connectivity index (χ0n) is 9.96. The van der Waals surface area contributed by atoms with Crippen LogP contribution in [0, 0.1) is 11.2 Å². The minimum absolute atomic E-state index is 0.0606. The first-order valence-corrected chi connectivity index (χ1v) is 5.34. The van der Waals surface area contributed by atoms with Gasteiger partial charge in [0.15, 0.2) is 5.78 Å². The number of halogens is 1. The number of rotatable bonds is 3. The first kappa shape index (κ1) is 12.8. The molecule has 0 amide bonds. The van der Waals surface area contributed by atoms with Gasteiger partial charge in [0.1, 0.15) is 5.82 Å². The number of hydrogen-bond donors (Lipinski definition) is 1. The lowest BCUT2D eigenvalue weighted by Crippen LogP contribution is -2.43. The van der Waals surface area contributed by atoms with Crippen LogP contribution in [-0.4, -0.2) is 11.8 Å². The van der Waals surface area contributed by atoms with Crippen LogP contribution in [0.1, 0.15) is 26.3 Å². The molecule has 3 heteroatoms. The molecule has 1 aromatic carbocycles. The Morgan fingerprint density at radius 3 is 2.44 bits per heavy atom. The highest BCUT2D eigenvalue weighted by Gasteiger charge is 2.27. The highest BCUT2D eigenvalue weighted by Crippen LogP contribution is 2.19. The second-order valence-corrected chi connectivity index (χ2v) is 5.08. The molecule has 0 spiro atoms. The van der Waals surface area contributed by atoms with Crippen LogP contribution in [0.4, 0.5) is 4.39 Å². The predicted octanol–water partition coefficient (Wildman–Crippen LogP) is 2.31. The van der Waals surface area contributed by atoms with Gasteiger partial charge in [-0.15, -0.1) is 0 Å². The Morgan fingerprint density at radius 2 is 1.94 bits per heavy atom. The number of carbonyl (C=O) groups excluding carboxylic acids is 1. The van der Waals surface area contributed by atoms with Gasteiger partial charge in [-0.3, -0.25) is 4.79 Å². The summed E-state index contributed by atoms with van der Waals surface area (Å²) in [6, 6.07) is 5.72. The van der Waals surface area contributed by atoms with Crippen molar-refractivity contribution in [1.29, 1.82) is 0 Å². The van der Waals surface area contributed by atoms with E-state index in [-0.39, 0.29) is 23.4 Å². The van der Waals surface area contributed by atoms with Crippen molar-refractivity contribution in [2.75, 3.05) is 0 Å². The third-order valence-electron chi connectivity index (χ3n) is 2.60. The van der Waals surface area contributed by atoms with Crippen molar-refractivity contribution in [2.45, 2.75) is 33.2 Å². The zero-order chi connectivity index (χ0) is 12.3. The number of carbonyl (C=O) groups is 1. The molecule has 0 fully saturated rings. The van der Waals surface area contributed by atoms with Gasteiger partial charge in [-0.25, -0.2) is 4.39 Å². The van der Waals surface area contributed by atoms with Gasteiger partial charge >= 0.3 is 0 Å². The quantitative estimate of drug-likeness (QED) is 0.854. The molecule has 2 N–H and O–H groups in total. The summed E-state index contributed by atoms with van der Waals surface area (Å²) in [4.78, 5) is 11.8. The highest BCUT2D eigenvalue weighted by molar-refractivity contribution is 5.86. The monoisotopic (exact) mass is 223 g/mol. The molecule has 1 rings (SSSR count). The molecule has 0 aliphatic heterocycles. The van der Waals surface area contributed by atoms with E-state index in [0.717, 1.165) is 0 Å². The molecular formula is C13H18FNO. The van der Waals surface area contributed by atoms with Gasteiger partial charge in [0, 0.05) is 6.42 Å². The average Bonchev–Trinajstić information content (AvgIpc) is 2.19. The molecule has 0 radical (unpaired) electrons. The molecule has 1 aromatic rings. The second kappa shape index (κ2) is 4.74. The Hall–Kier alpha value is -1.22. The van der Waals surface area contributed by atoms with Crippen LogP contribution in [0.3, 0.4) is 0 Å². The minimum Gasteiger partial charge on any atom is -0.321 e. The van der Waals surface area contributed by atoms with E-state index in [1.54, 1.807) is 18.2 Å². The summed E-state index contributed by atoms with van der Waals surface area (Å²) < 4.78 is 13.3. The standard InChI is InChI=1S/C13H18FNO/c1-13(2,3)12(15)11(16)8-9-6-4-5-7-10(9)14/h4-7,12H,8,15H2,1-3H3. The smallest absolute Gasteiger partial charge is 0.154 e. The molecule has 16 heavy (non-hydrogen) atoms. The topological polar surface area (TPSA) is 43.1 Å². The largest absolute Gasteiger partial charge is 0.321 e. The lowest BCUT2D eigenvalue weighted by molar-refractivity contribution is -0.121. The van der Waals surface area contributed by atoms with Crippen LogP contribution in [0.25, 0.3) is 0 Å². The van der Waals surface area contributed by atoms with E-state index in [9.17, 15) is 9.18 Å². The summed E-state index contributed by atoms with van der Waals surface area (Å²) in [5, 5.41) is 0. The van der Waals surface area contributed by atoms with Gasteiger partial charge in [-0.05, 0) is 17.0 Å². The van der Waals surface area contributed by atoms with Crippen LogP contribution in [0.5, 0.6) is 0 Å². The molecule has 2 nitrogen and oxygen atoms in total. The van der Waals surface area contributed by atoms with Gasteiger partial charge in [0.05, 0.1) is 6.04 Å². The summed E-state index contributed by atoms with van der Waals surface area (Å²) in [7, 11) is 0. The summed E-state index contributed by atoms with van der Waals surface area (Å²) in [5.74, 6) is -0.477. The molecule has 0 saturated heterocycles. The lowest BCUT2D eigenvalue weighted by Gasteiger charge is -2.25. The number of hydrogen-bond acceptors (Lipinski definition) is 2. The third kappa shape index (κ3) is 3.14. The van der Waals surface area contributed by atoms with Gasteiger partial charge in [0.25, 0.3) is 0 Å². The molecule has 0 saturated carbocycles. The Bertz CT molecular complexity index is 382. The van der Waals surface area contributed by atoms with Crippen molar-refractivity contribution in [2.24, 2.45) is 11.1 Å². The molecule has 88 valence electrons. The minimum atomic E-state index is -0.563. The van der Waals surface area contributed by atoms with Crippen molar-refractivity contribution in [3.8, 4) is 0 Å². The lowest BCUT2D eigenvalue weighted by atomic mass is 9.83. The molecule has 0 heterocycles. The Labute approximate surface area is 95.7 Å². The SMILES string of the molecule is CC(C)(C)C(N)C(=O)Cc1ccccc1F. The Morgan fingerprint density at radius 1 is 1.38 bits per heavy atom. The van der Waals surface area contributed by atoms with Crippen molar-refractivity contribution in [3.63, 3.8) is 0 Å². The van der Waals surface area contributed by atoms with Crippen LogP contribution in [-0.2, 0) is 11.2 Å². The fourth-order valence-electron chi connectivity index (χ4n) is 1.42. The van der Waals surface area contributed by atoms with E-state index in [1.165, 1.54) is 6.07 Å². The van der Waals surface area contributed by atoms with Gasteiger partial charge in [-0.1, -0.05) is 39.0 Å².